The van der Waals surface area contributed by atoms with Crippen LogP contribution in [0.2, 0.25) is 0 Å². The molecule has 1 unspecified atom stereocenters. The number of carbonyl (C=O) groups excluding carboxylic acids is 1. The Morgan fingerprint density at radius 2 is 1.84 bits per heavy atom. The summed E-state index contributed by atoms with van der Waals surface area (Å²) in [7, 11) is 1.68. The van der Waals surface area contributed by atoms with Crippen LogP contribution in [0.3, 0.4) is 0 Å². The minimum atomic E-state index is -3.63. The van der Waals surface area contributed by atoms with Gasteiger partial charge in [-0.3, -0.25) is 4.79 Å². The Morgan fingerprint density at radius 1 is 1.26 bits per heavy atom. The number of halogens is 1. The number of amides is 1. The van der Waals surface area contributed by atoms with Crippen molar-refractivity contribution >= 4 is 25.6 Å². The number of hydrogen-bond donors (Lipinski definition) is 0. The van der Waals surface area contributed by atoms with Gasteiger partial charge in [-0.05, 0) is 25.9 Å². The third-order valence-corrected chi connectivity index (χ3v) is 5.21. The highest BCUT2D eigenvalue weighted by Crippen LogP contribution is 2.20. The Bertz CT molecular complexity index is 394. The van der Waals surface area contributed by atoms with Crippen LogP contribution < -0.4 is 0 Å². The largest absolute Gasteiger partial charge is 0.340 e. The molecule has 1 heterocycles. The zero-order valence-electron chi connectivity index (χ0n) is 11.6. The molecular weight excluding hydrogens is 288 g/mol. The number of likely N-dealkylation sites (tertiary alicyclic amines) is 1. The lowest BCUT2D eigenvalue weighted by Crippen LogP contribution is -2.37. The molecule has 19 heavy (non-hydrogen) atoms. The van der Waals surface area contributed by atoms with Crippen LogP contribution in [0.5, 0.6) is 0 Å². The summed E-state index contributed by atoms with van der Waals surface area (Å²) in [5.74, 6) is -0.109. The summed E-state index contributed by atoms with van der Waals surface area (Å²) in [6.07, 6.45) is 2.17. The Morgan fingerprint density at radius 3 is 2.26 bits per heavy atom. The van der Waals surface area contributed by atoms with Crippen molar-refractivity contribution < 1.29 is 13.2 Å². The third kappa shape index (κ3) is 5.28. The summed E-state index contributed by atoms with van der Waals surface area (Å²) < 4.78 is 22.5. The highest BCUT2D eigenvalue weighted by Gasteiger charge is 2.36. The molecule has 0 aliphatic carbocycles. The van der Waals surface area contributed by atoms with Crippen molar-refractivity contribution in [3.05, 3.63) is 0 Å². The number of rotatable bonds is 8. The van der Waals surface area contributed by atoms with E-state index >= 15 is 0 Å². The van der Waals surface area contributed by atoms with E-state index in [9.17, 15) is 13.2 Å². The molecular formula is C12H23ClN2O3S. The number of carbonyl (C=O) groups is 1. The second-order valence-electron chi connectivity index (χ2n) is 4.98. The third-order valence-electron chi connectivity index (χ3n) is 3.34. The van der Waals surface area contributed by atoms with Crippen LogP contribution in [0.1, 0.15) is 33.1 Å². The van der Waals surface area contributed by atoms with Crippen LogP contribution in [0.4, 0.5) is 0 Å². The van der Waals surface area contributed by atoms with E-state index in [1.54, 1.807) is 4.90 Å². The highest BCUT2D eigenvalue weighted by atomic mass is 35.7. The van der Waals surface area contributed by atoms with E-state index in [1.165, 1.54) is 0 Å². The minimum absolute atomic E-state index is 0.0212. The van der Waals surface area contributed by atoms with Gasteiger partial charge < -0.3 is 9.80 Å². The second-order valence-corrected chi connectivity index (χ2v) is 7.89. The second kappa shape index (κ2) is 7.45. The smallest absolute Gasteiger partial charge is 0.237 e. The highest BCUT2D eigenvalue weighted by molar-refractivity contribution is 8.14. The summed E-state index contributed by atoms with van der Waals surface area (Å²) in [5, 5.41) is -0.743. The predicted molar refractivity (Wildman–Crippen MR) is 76.8 cm³/mol. The molecule has 0 saturated carbocycles. The van der Waals surface area contributed by atoms with Gasteiger partial charge >= 0.3 is 0 Å². The van der Waals surface area contributed by atoms with Crippen molar-refractivity contribution in [3.8, 4) is 0 Å². The van der Waals surface area contributed by atoms with Crippen LogP contribution in [-0.4, -0.2) is 62.1 Å². The van der Waals surface area contributed by atoms with Crippen molar-refractivity contribution in [2.45, 2.75) is 38.4 Å². The quantitative estimate of drug-likeness (QED) is 0.634. The van der Waals surface area contributed by atoms with Gasteiger partial charge in [-0.25, -0.2) is 8.42 Å². The Labute approximate surface area is 120 Å². The van der Waals surface area contributed by atoms with Crippen LogP contribution in [0.15, 0.2) is 0 Å². The molecule has 0 aromatic rings. The maximum absolute atomic E-state index is 11.7. The minimum Gasteiger partial charge on any atom is -0.340 e. The van der Waals surface area contributed by atoms with Gasteiger partial charge in [0.25, 0.3) is 0 Å². The Balaban J connectivity index is 2.47. The molecule has 1 atom stereocenters. The lowest BCUT2D eigenvalue weighted by Gasteiger charge is -2.24. The van der Waals surface area contributed by atoms with Crippen molar-refractivity contribution in [2.75, 3.05) is 32.7 Å². The SMILES string of the molecule is CCCN(CCC)CCN1CC(S(=O)(=O)Cl)CC1=O. The first-order chi connectivity index (χ1) is 8.88. The van der Waals surface area contributed by atoms with Crippen LogP contribution in [0.25, 0.3) is 0 Å². The lowest BCUT2D eigenvalue weighted by atomic mass is 10.3. The van der Waals surface area contributed by atoms with Gasteiger partial charge in [-0.15, -0.1) is 0 Å². The number of hydrogen-bond acceptors (Lipinski definition) is 4. The maximum atomic E-state index is 11.7. The molecule has 112 valence electrons. The first kappa shape index (κ1) is 16.7. The average Bonchev–Trinajstić information content (AvgIpc) is 2.68. The van der Waals surface area contributed by atoms with Gasteiger partial charge in [-0.2, -0.15) is 0 Å². The van der Waals surface area contributed by atoms with Crippen LogP contribution in [-0.2, 0) is 13.8 Å². The van der Waals surface area contributed by atoms with Gasteiger partial charge in [0.1, 0.15) is 5.25 Å². The van der Waals surface area contributed by atoms with E-state index in [2.05, 4.69) is 18.7 Å². The summed E-state index contributed by atoms with van der Waals surface area (Å²) >= 11 is 0. The van der Waals surface area contributed by atoms with Gasteiger partial charge in [0, 0.05) is 36.7 Å². The molecule has 7 heteroatoms. The fourth-order valence-electron chi connectivity index (χ4n) is 2.37. The first-order valence-corrected chi connectivity index (χ1v) is 9.19. The molecule has 1 fully saturated rings. The molecule has 1 rings (SSSR count). The molecule has 5 nitrogen and oxygen atoms in total. The van der Waals surface area contributed by atoms with Crippen LogP contribution in [0, 0.1) is 0 Å². The Kier molecular flexibility index (Phi) is 6.56. The summed E-state index contributed by atoms with van der Waals surface area (Å²) in [4.78, 5) is 15.7. The summed E-state index contributed by atoms with van der Waals surface area (Å²) in [6, 6.07) is 0. The molecule has 1 aliphatic heterocycles. The summed E-state index contributed by atoms with van der Waals surface area (Å²) in [6.45, 7) is 7.88. The van der Waals surface area contributed by atoms with E-state index in [0.29, 0.717) is 6.54 Å². The molecule has 0 N–H and O–H groups in total. The molecule has 0 spiro atoms. The topological polar surface area (TPSA) is 57.7 Å². The van der Waals surface area contributed by atoms with Crippen LogP contribution >= 0.6 is 10.7 Å². The van der Waals surface area contributed by atoms with E-state index in [4.69, 9.17) is 10.7 Å². The molecule has 0 aromatic heterocycles. The van der Waals surface area contributed by atoms with Gasteiger partial charge in [0.05, 0.1) is 0 Å². The fraction of sp³-hybridized carbons (Fsp3) is 0.917. The monoisotopic (exact) mass is 310 g/mol. The fourth-order valence-corrected chi connectivity index (χ4v) is 3.43. The molecule has 1 aliphatic rings. The van der Waals surface area contributed by atoms with Crippen molar-refractivity contribution in [2.24, 2.45) is 0 Å². The number of nitrogens with zero attached hydrogens (tertiary/aromatic N) is 2. The van der Waals surface area contributed by atoms with Crippen molar-refractivity contribution in [3.63, 3.8) is 0 Å². The van der Waals surface area contributed by atoms with E-state index < -0.39 is 14.3 Å². The normalized spacial score (nSPS) is 20.5. The zero-order chi connectivity index (χ0) is 14.5. The zero-order valence-corrected chi connectivity index (χ0v) is 13.2. The van der Waals surface area contributed by atoms with Gasteiger partial charge in [0.15, 0.2) is 0 Å². The van der Waals surface area contributed by atoms with E-state index in [0.717, 1.165) is 32.5 Å². The Hall–Kier alpha value is -0.330. The standard InChI is InChI=1S/C12H23ClN2O3S/c1-3-5-14(6-4-2)7-8-15-10-11(9-12(15)16)19(13,17)18/h11H,3-10H2,1-2H3. The van der Waals surface area contributed by atoms with E-state index in [-0.39, 0.29) is 18.9 Å². The summed E-state index contributed by atoms with van der Waals surface area (Å²) in [5.41, 5.74) is 0. The lowest BCUT2D eigenvalue weighted by molar-refractivity contribution is -0.127. The average molecular weight is 311 g/mol. The molecule has 0 bridgehead atoms. The van der Waals surface area contributed by atoms with Gasteiger partial charge in [-0.1, -0.05) is 13.8 Å². The molecule has 0 radical (unpaired) electrons. The predicted octanol–water partition coefficient (Wildman–Crippen LogP) is 1.28. The maximum Gasteiger partial charge on any atom is 0.237 e. The van der Waals surface area contributed by atoms with Crippen molar-refractivity contribution in [1.29, 1.82) is 0 Å². The molecule has 1 amide bonds. The molecule has 1 saturated heterocycles. The molecule has 0 aromatic carbocycles. The van der Waals surface area contributed by atoms with Crippen molar-refractivity contribution in [1.82, 2.24) is 9.80 Å². The van der Waals surface area contributed by atoms with E-state index in [1.807, 2.05) is 0 Å². The first-order valence-electron chi connectivity index (χ1n) is 6.82. The van der Waals surface area contributed by atoms with Gasteiger partial charge in [0.2, 0.25) is 15.0 Å².